The Hall–Kier alpha value is -3.45. The van der Waals surface area contributed by atoms with Crippen LogP contribution in [0.25, 0.3) is 5.76 Å². The first-order valence-corrected chi connectivity index (χ1v) is 11.0. The third-order valence-corrected chi connectivity index (χ3v) is 5.82. The number of nitrogens with one attached hydrogen (secondary N) is 1. The molecule has 162 valence electrons. The fraction of sp³-hybridized carbons (Fsp3) is 0.160. The molecule has 1 fully saturated rings. The van der Waals surface area contributed by atoms with Crippen LogP contribution in [0.4, 0.5) is 0 Å². The predicted octanol–water partition coefficient (Wildman–Crippen LogP) is 4.28. The first-order chi connectivity index (χ1) is 15.5. The van der Waals surface area contributed by atoms with E-state index >= 15 is 0 Å². The zero-order valence-corrected chi connectivity index (χ0v) is 19.0. The van der Waals surface area contributed by atoms with Gasteiger partial charge in [-0.1, -0.05) is 28.1 Å². The number of amides is 1. The van der Waals surface area contributed by atoms with Crippen LogP contribution in [0.1, 0.15) is 29.7 Å². The highest BCUT2D eigenvalue weighted by Crippen LogP contribution is 2.40. The van der Waals surface area contributed by atoms with Gasteiger partial charge in [-0.05, 0) is 55.0 Å². The third-order valence-electron chi connectivity index (χ3n) is 5.29. The van der Waals surface area contributed by atoms with Gasteiger partial charge in [-0.15, -0.1) is 0 Å². The van der Waals surface area contributed by atoms with Crippen molar-refractivity contribution in [2.75, 3.05) is 6.61 Å². The minimum absolute atomic E-state index is 0.0707. The maximum absolute atomic E-state index is 13.1. The van der Waals surface area contributed by atoms with E-state index in [9.17, 15) is 14.7 Å². The van der Waals surface area contributed by atoms with Crippen LogP contribution in [0.3, 0.4) is 0 Å². The van der Waals surface area contributed by atoms with Crippen LogP contribution in [0.2, 0.25) is 0 Å². The molecule has 0 radical (unpaired) electrons. The summed E-state index contributed by atoms with van der Waals surface area (Å²) in [5.74, 6) is -0.894. The Morgan fingerprint density at radius 2 is 1.81 bits per heavy atom. The summed E-state index contributed by atoms with van der Waals surface area (Å²) in [7, 11) is 0. The number of aliphatic hydroxyl groups is 1. The van der Waals surface area contributed by atoms with E-state index in [1.807, 2.05) is 43.3 Å². The number of carbonyl (C=O) groups is 2. The Morgan fingerprint density at radius 1 is 1.09 bits per heavy atom. The summed E-state index contributed by atoms with van der Waals surface area (Å²) in [5.41, 5.74) is 2.10. The van der Waals surface area contributed by atoms with Gasteiger partial charge in [0.1, 0.15) is 11.5 Å². The summed E-state index contributed by atoms with van der Waals surface area (Å²) < 4.78 is 6.33. The smallest absolute Gasteiger partial charge is 0.295 e. The Balaban J connectivity index is 1.81. The van der Waals surface area contributed by atoms with Gasteiger partial charge in [0.05, 0.1) is 24.8 Å². The molecule has 1 aromatic heterocycles. The van der Waals surface area contributed by atoms with Crippen LogP contribution >= 0.6 is 15.9 Å². The molecule has 2 heterocycles. The summed E-state index contributed by atoms with van der Waals surface area (Å²) in [5, 5.41) is 11.1. The Bertz CT molecular complexity index is 1160. The number of H-pyrrole nitrogens is 1. The molecule has 0 saturated carbocycles. The van der Waals surface area contributed by atoms with E-state index in [0.29, 0.717) is 17.9 Å². The molecule has 0 bridgehead atoms. The minimum atomic E-state index is -0.713. The Labute approximate surface area is 194 Å². The number of pyridine rings is 1. The molecule has 0 spiro atoms. The fourth-order valence-corrected chi connectivity index (χ4v) is 4.06. The Morgan fingerprint density at radius 3 is 2.44 bits per heavy atom. The summed E-state index contributed by atoms with van der Waals surface area (Å²) >= 11 is 3.42. The quantitative estimate of drug-likeness (QED) is 0.315. The van der Waals surface area contributed by atoms with Crippen LogP contribution in [-0.4, -0.2) is 28.3 Å². The number of aliphatic hydroxyl groups excluding tert-OH is 1. The average Bonchev–Trinajstić information content (AvgIpc) is 3.05. The summed E-state index contributed by atoms with van der Waals surface area (Å²) in [6, 6.07) is 17.2. The molecular weight excluding hydrogens is 472 g/mol. The van der Waals surface area contributed by atoms with E-state index in [0.717, 1.165) is 15.6 Å². The topological polar surface area (TPSA) is 81.0 Å². The predicted molar refractivity (Wildman–Crippen MR) is 123 cm³/mol. The van der Waals surface area contributed by atoms with Crippen LogP contribution < -0.4 is 9.72 Å². The van der Waals surface area contributed by atoms with E-state index in [-0.39, 0.29) is 17.9 Å². The lowest BCUT2D eigenvalue weighted by molar-refractivity contribution is -0.378. The number of aromatic nitrogens is 1. The van der Waals surface area contributed by atoms with Crippen LogP contribution in [0.5, 0.6) is 5.75 Å². The van der Waals surface area contributed by atoms with Gasteiger partial charge in [-0.2, -0.15) is 0 Å². The molecular formula is C25H22BrN2O4+. The largest absolute Gasteiger partial charge is 0.507 e. The molecule has 2 N–H and O–H groups in total. The third kappa shape index (κ3) is 4.29. The number of Topliss-reactive ketones (excluding diaryl/α,β-unsaturated/α-hetero) is 1. The molecule has 1 saturated heterocycles. The van der Waals surface area contributed by atoms with Crippen molar-refractivity contribution in [3.63, 3.8) is 0 Å². The average molecular weight is 494 g/mol. The van der Waals surface area contributed by atoms with Crippen molar-refractivity contribution in [1.82, 2.24) is 4.90 Å². The van der Waals surface area contributed by atoms with Gasteiger partial charge in [0.15, 0.2) is 12.4 Å². The molecule has 6 nitrogen and oxygen atoms in total. The van der Waals surface area contributed by atoms with Crippen molar-refractivity contribution in [2.24, 2.45) is 0 Å². The normalized spacial score (nSPS) is 17.6. The van der Waals surface area contributed by atoms with Crippen molar-refractivity contribution in [3.8, 4) is 5.75 Å². The first kappa shape index (κ1) is 21.8. The van der Waals surface area contributed by atoms with Gasteiger partial charge in [-0.25, -0.2) is 4.98 Å². The van der Waals surface area contributed by atoms with Crippen molar-refractivity contribution in [2.45, 2.75) is 19.5 Å². The number of carbonyl (C=O) groups excluding carboxylic acids is 2. The number of hydrogen-bond acceptors (Lipinski definition) is 4. The summed E-state index contributed by atoms with van der Waals surface area (Å²) in [6.07, 6.45) is 3.56. The number of halogens is 1. The number of benzene rings is 2. The van der Waals surface area contributed by atoms with Crippen molar-refractivity contribution < 1.29 is 24.4 Å². The second kappa shape index (κ2) is 9.36. The molecule has 1 amide bonds. The monoisotopic (exact) mass is 493 g/mol. The second-order valence-electron chi connectivity index (χ2n) is 7.35. The van der Waals surface area contributed by atoms with Crippen molar-refractivity contribution >= 4 is 33.4 Å². The van der Waals surface area contributed by atoms with E-state index in [1.165, 1.54) is 4.90 Å². The number of likely N-dealkylation sites (tertiary alicyclic amines) is 1. The molecule has 0 aliphatic carbocycles. The zero-order chi connectivity index (χ0) is 22.7. The lowest BCUT2D eigenvalue weighted by atomic mass is 9.95. The SMILES string of the molecule is CCOc1ccc(C(O)=C2C(=O)C(=O)N(Cc3ccc[nH+]c3)C2c2ccc(Br)cc2)cc1. The number of hydrogen-bond donors (Lipinski definition) is 1. The van der Waals surface area contributed by atoms with Crippen molar-refractivity contribution in [3.05, 3.63) is 99.8 Å². The second-order valence-corrected chi connectivity index (χ2v) is 8.26. The molecule has 1 atom stereocenters. The fourth-order valence-electron chi connectivity index (χ4n) is 3.79. The van der Waals surface area contributed by atoms with Gasteiger partial charge in [0, 0.05) is 21.7 Å². The summed E-state index contributed by atoms with van der Waals surface area (Å²) in [6.45, 7) is 2.64. The van der Waals surface area contributed by atoms with Gasteiger partial charge in [0.2, 0.25) is 0 Å². The first-order valence-electron chi connectivity index (χ1n) is 10.2. The lowest BCUT2D eigenvalue weighted by Gasteiger charge is -2.25. The number of rotatable bonds is 6. The van der Waals surface area contributed by atoms with Gasteiger partial charge in [0.25, 0.3) is 11.7 Å². The molecule has 2 aromatic carbocycles. The molecule has 3 aromatic rings. The van der Waals surface area contributed by atoms with Gasteiger partial charge < -0.3 is 14.7 Å². The highest BCUT2D eigenvalue weighted by molar-refractivity contribution is 9.10. The Kier molecular flexibility index (Phi) is 6.37. The van der Waals surface area contributed by atoms with E-state index < -0.39 is 17.7 Å². The highest BCUT2D eigenvalue weighted by Gasteiger charge is 2.46. The number of aromatic amines is 1. The molecule has 1 unspecified atom stereocenters. The maximum Gasteiger partial charge on any atom is 0.295 e. The number of ether oxygens (including phenoxy) is 1. The summed E-state index contributed by atoms with van der Waals surface area (Å²) in [4.78, 5) is 30.6. The van der Waals surface area contributed by atoms with Crippen LogP contribution in [0, 0.1) is 0 Å². The maximum atomic E-state index is 13.1. The molecule has 32 heavy (non-hydrogen) atoms. The molecule has 1 aliphatic heterocycles. The van der Waals surface area contributed by atoms with E-state index in [2.05, 4.69) is 20.9 Å². The van der Waals surface area contributed by atoms with Gasteiger partial charge >= 0.3 is 0 Å². The van der Waals surface area contributed by atoms with Crippen LogP contribution in [-0.2, 0) is 16.1 Å². The van der Waals surface area contributed by atoms with Crippen molar-refractivity contribution in [1.29, 1.82) is 0 Å². The molecule has 1 aliphatic rings. The standard InChI is InChI=1S/C25H21BrN2O4/c1-2-32-20-11-7-18(8-12-20)23(29)21-22(17-5-9-19(26)10-6-17)28(25(31)24(21)30)15-16-4-3-13-27-14-16/h3-14,22,29H,2,15H2,1H3/p+1. The van der Waals surface area contributed by atoms with Gasteiger partial charge in [-0.3, -0.25) is 9.59 Å². The van der Waals surface area contributed by atoms with E-state index in [1.54, 1.807) is 36.7 Å². The number of nitrogens with zero attached hydrogens (tertiary/aromatic N) is 1. The van der Waals surface area contributed by atoms with E-state index in [4.69, 9.17) is 4.74 Å². The zero-order valence-electron chi connectivity index (χ0n) is 17.4. The number of ketones is 1. The minimum Gasteiger partial charge on any atom is -0.507 e. The molecule has 7 heteroatoms. The lowest BCUT2D eigenvalue weighted by Crippen LogP contribution is -2.29. The van der Waals surface area contributed by atoms with Crippen LogP contribution in [0.15, 0.2) is 83.1 Å². The highest BCUT2D eigenvalue weighted by atomic mass is 79.9. The molecule has 4 rings (SSSR count).